The van der Waals surface area contributed by atoms with Crippen molar-refractivity contribution in [3.8, 4) is 0 Å². The number of aryl methyl sites for hydroxylation is 1. The molecule has 2 rings (SSSR count). The van der Waals surface area contributed by atoms with Crippen LogP contribution in [0, 0.1) is 6.92 Å². The highest BCUT2D eigenvalue weighted by Crippen LogP contribution is 2.25. The summed E-state index contributed by atoms with van der Waals surface area (Å²) in [6.45, 7) is 1.94. The molecule has 0 aromatic carbocycles. The predicted octanol–water partition coefficient (Wildman–Crippen LogP) is 0.945. The minimum Gasteiger partial charge on any atom is -0.339 e. The van der Waals surface area contributed by atoms with E-state index in [1.807, 2.05) is 6.92 Å². The van der Waals surface area contributed by atoms with E-state index in [0.717, 1.165) is 15.7 Å². The van der Waals surface area contributed by atoms with Gasteiger partial charge in [-0.1, -0.05) is 0 Å². The zero-order valence-electron chi connectivity index (χ0n) is 8.06. The molecule has 0 saturated heterocycles. The van der Waals surface area contributed by atoms with Gasteiger partial charge in [0.05, 0.1) is 0 Å². The number of rotatable bonds is 3. The Balaban J connectivity index is 2.27. The van der Waals surface area contributed by atoms with Gasteiger partial charge < -0.3 is 4.98 Å². The quantitative estimate of drug-likeness (QED) is 0.406. The molecule has 7 heteroatoms. The van der Waals surface area contributed by atoms with Gasteiger partial charge in [-0.15, -0.1) is 0 Å². The van der Waals surface area contributed by atoms with Gasteiger partial charge in [-0.25, -0.2) is 20.8 Å². The molecule has 0 atom stereocenters. The van der Waals surface area contributed by atoms with Crippen molar-refractivity contribution in [3.05, 3.63) is 24.2 Å². The van der Waals surface area contributed by atoms with E-state index in [1.54, 1.807) is 18.6 Å². The van der Waals surface area contributed by atoms with Crippen molar-refractivity contribution in [1.29, 1.82) is 0 Å². The minimum absolute atomic E-state index is 0.398. The fourth-order valence-electron chi connectivity index (χ4n) is 0.997. The fourth-order valence-corrected chi connectivity index (χ4v) is 1.77. The Hall–Kier alpha value is -1.60. The molecule has 0 amide bonds. The lowest BCUT2D eigenvalue weighted by Gasteiger charge is -2.03. The second kappa shape index (κ2) is 4.28. The number of nitrogen functional groups attached to an aromatic ring is 1. The van der Waals surface area contributed by atoms with Crippen LogP contribution in [0.3, 0.4) is 0 Å². The van der Waals surface area contributed by atoms with E-state index in [1.165, 1.54) is 11.8 Å². The number of hydrogen-bond donors (Lipinski definition) is 3. The first-order valence-corrected chi connectivity index (χ1v) is 5.08. The van der Waals surface area contributed by atoms with Gasteiger partial charge in [0.15, 0.2) is 5.16 Å². The maximum atomic E-state index is 5.23. The van der Waals surface area contributed by atoms with Crippen LogP contribution in [0.15, 0.2) is 28.8 Å². The Kier molecular flexibility index (Phi) is 2.84. The molecule has 0 fully saturated rings. The first kappa shape index (κ1) is 9.94. The van der Waals surface area contributed by atoms with Crippen LogP contribution in [0.25, 0.3) is 0 Å². The zero-order chi connectivity index (χ0) is 10.7. The van der Waals surface area contributed by atoms with Gasteiger partial charge in [0.1, 0.15) is 5.03 Å². The molecule has 0 unspecified atom stereocenters. The van der Waals surface area contributed by atoms with Gasteiger partial charge in [0, 0.05) is 24.2 Å². The standard InChI is InChI=1S/C8H10N6S/c1-5-4-12-7(14-9)13-6(5)15-8-10-2-3-11-8/h2-4H,9H2,1H3,(H,10,11)(H,12,13,14). The third-order valence-electron chi connectivity index (χ3n) is 1.72. The predicted molar refractivity (Wildman–Crippen MR) is 57.3 cm³/mol. The van der Waals surface area contributed by atoms with Crippen LogP contribution >= 0.6 is 11.8 Å². The molecule has 2 aromatic rings. The second-order valence-corrected chi connectivity index (χ2v) is 3.80. The maximum absolute atomic E-state index is 5.23. The fraction of sp³-hybridized carbons (Fsp3) is 0.125. The van der Waals surface area contributed by atoms with E-state index in [9.17, 15) is 0 Å². The highest BCUT2D eigenvalue weighted by Gasteiger charge is 2.06. The van der Waals surface area contributed by atoms with Crippen LogP contribution in [-0.2, 0) is 0 Å². The molecule has 0 aliphatic rings. The minimum atomic E-state index is 0.398. The summed E-state index contributed by atoms with van der Waals surface area (Å²) in [6.07, 6.45) is 5.18. The number of nitrogens with two attached hydrogens (primary N) is 1. The van der Waals surface area contributed by atoms with Crippen LogP contribution in [0.1, 0.15) is 5.56 Å². The van der Waals surface area contributed by atoms with E-state index in [2.05, 4.69) is 25.4 Å². The first-order chi connectivity index (χ1) is 7.29. The van der Waals surface area contributed by atoms with Gasteiger partial charge in [0.2, 0.25) is 5.95 Å². The lowest BCUT2D eigenvalue weighted by molar-refractivity contribution is 0.977. The van der Waals surface area contributed by atoms with E-state index in [-0.39, 0.29) is 0 Å². The van der Waals surface area contributed by atoms with E-state index < -0.39 is 0 Å². The average molecular weight is 222 g/mol. The third-order valence-corrected chi connectivity index (χ3v) is 2.74. The molecule has 4 N–H and O–H groups in total. The molecule has 0 aliphatic carbocycles. The molecule has 2 aromatic heterocycles. The Morgan fingerprint density at radius 2 is 2.33 bits per heavy atom. The van der Waals surface area contributed by atoms with Gasteiger partial charge in [-0.3, -0.25) is 5.43 Å². The van der Waals surface area contributed by atoms with Crippen LogP contribution in [0.5, 0.6) is 0 Å². The summed E-state index contributed by atoms with van der Waals surface area (Å²) >= 11 is 1.44. The lowest BCUT2D eigenvalue weighted by atomic mass is 10.4. The first-order valence-electron chi connectivity index (χ1n) is 4.27. The number of H-pyrrole nitrogens is 1. The summed E-state index contributed by atoms with van der Waals surface area (Å²) < 4.78 is 0. The van der Waals surface area contributed by atoms with Crippen molar-refractivity contribution >= 4 is 17.7 Å². The summed E-state index contributed by atoms with van der Waals surface area (Å²) in [5.74, 6) is 5.63. The Labute approximate surface area is 90.7 Å². The summed E-state index contributed by atoms with van der Waals surface area (Å²) in [7, 11) is 0. The molecular formula is C8H10N6S. The van der Waals surface area contributed by atoms with Crippen molar-refractivity contribution < 1.29 is 0 Å². The highest BCUT2D eigenvalue weighted by atomic mass is 32.2. The highest BCUT2D eigenvalue weighted by molar-refractivity contribution is 7.99. The van der Waals surface area contributed by atoms with E-state index in [0.29, 0.717) is 5.95 Å². The number of aromatic amines is 1. The maximum Gasteiger partial charge on any atom is 0.238 e. The second-order valence-electron chi connectivity index (χ2n) is 2.82. The summed E-state index contributed by atoms with van der Waals surface area (Å²) in [6, 6.07) is 0. The molecule has 0 saturated carbocycles. The molecule has 15 heavy (non-hydrogen) atoms. The van der Waals surface area contributed by atoms with Crippen LogP contribution in [-0.4, -0.2) is 19.9 Å². The van der Waals surface area contributed by atoms with Crippen LogP contribution in [0.4, 0.5) is 5.95 Å². The SMILES string of the molecule is Cc1cnc(NN)nc1Sc1ncc[nH]1. The van der Waals surface area contributed by atoms with Crippen molar-refractivity contribution in [1.82, 2.24) is 19.9 Å². The van der Waals surface area contributed by atoms with Crippen molar-refractivity contribution in [2.45, 2.75) is 17.1 Å². The Bertz CT molecular complexity index is 440. The zero-order valence-corrected chi connectivity index (χ0v) is 8.88. The number of hydrazine groups is 1. The average Bonchev–Trinajstić information content (AvgIpc) is 2.74. The van der Waals surface area contributed by atoms with Crippen LogP contribution in [0.2, 0.25) is 0 Å². The molecule has 0 aliphatic heterocycles. The lowest BCUT2D eigenvalue weighted by Crippen LogP contribution is -2.10. The molecule has 0 radical (unpaired) electrons. The largest absolute Gasteiger partial charge is 0.339 e. The van der Waals surface area contributed by atoms with E-state index in [4.69, 9.17) is 5.84 Å². The normalized spacial score (nSPS) is 10.3. The molecular weight excluding hydrogens is 212 g/mol. The van der Waals surface area contributed by atoms with Gasteiger partial charge in [0.25, 0.3) is 0 Å². The van der Waals surface area contributed by atoms with Crippen molar-refractivity contribution in [3.63, 3.8) is 0 Å². The molecule has 0 bridgehead atoms. The number of hydrogen-bond acceptors (Lipinski definition) is 6. The number of imidazole rings is 1. The summed E-state index contributed by atoms with van der Waals surface area (Å²) in [5, 5.41) is 1.62. The van der Waals surface area contributed by atoms with Gasteiger partial charge in [-0.05, 0) is 18.7 Å². The van der Waals surface area contributed by atoms with Gasteiger partial charge in [-0.2, -0.15) is 0 Å². The van der Waals surface area contributed by atoms with Crippen molar-refractivity contribution in [2.24, 2.45) is 5.84 Å². The third kappa shape index (κ3) is 2.25. The number of anilines is 1. The smallest absolute Gasteiger partial charge is 0.238 e. The summed E-state index contributed by atoms with van der Waals surface area (Å²) in [5.41, 5.74) is 3.39. The Morgan fingerprint density at radius 3 is 3.00 bits per heavy atom. The van der Waals surface area contributed by atoms with Crippen LogP contribution < -0.4 is 11.3 Å². The monoisotopic (exact) mass is 222 g/mol. The van der Waals surface area contributed by atoms with Crippen molar-refractivity contribution in [2.75, 3.05) is 5.43 Å². The molecule has 78 valence electrons. The summed E-state index contributed by atoms with van der Waals surface area (Å²) in [4.78, 5) is 15.3. The topological polar surface area (TPSA) is 92.5 Å². The molecule has 0 spiro atoms. The molecule has 2 heterocycles. The van der Waals surface area contributed by atoms with E-state index >= 15 is 0 Å². The van der Waals surface area contributed by atoms with Gasteiger partial charge >= 0.3 is 0 Å². The number of nitrogens with zero attached hydrogens (tertiary/aromatic N) is 3. The molecule has 6 nitrogen and oxygen atoms in total. The number of nitrogens with one attached hydrogen (secondary N) is 2. The number of aromatic nitrogens is 4. The Morgan fingerprint density at radius 1 is 1.47 bits per heavy atom.